The van der Waals surface area contributed by atoms with Crippen molar-refractivity contribution in [3.8, 4) is 6.07 Å². The molecule has 3 fully saturated rings. The molecule has 150 valence electrons. The Morgan fingerprint density at radius 1 is 1.21 bits per heavy atom. The number of halogens is 1. The lowest BCUT2D eigenvalue weighted by atomic mass is 9.65. The predicted molar refractivity (Wildman–Crippen MR) is 107 cm³/mol. The molecule has 4 nitrogen and oxygen atoms in total. The van der Waals surface area contributed by atoms with Gasteiger partial charge in [0.05, 0.1) is 11.5 Å². The molecule has 1 aromatic rings. The minimum atomic E-state index is -0.315. The summed E-state index contributed by atoms with van der Waals surface area (Å²) >= 11 is 0. The first-order chi connectivity index (χ1) is 13.4. The standard InChI is InChI=1S/C23H30FN3O/c1-17-10-19(24)12-20(11-17)26-21(28)18-4-8-23(9-5-18)15-27(16-23)14-22(13-25)6-2-3-7-22/h10-12,18H,2-9,14-16H2,1H3,(H,26,28). The number of benzene rings is 1. The minimum absolute atomic E-state index is 0.0172. The number of nitriles is 1. The summed E-state index contributed by atoms with van der Waals surface area (Å²) in [5.74, 6) is -0.279. The largest absolute Gasteiger partial charge is 0.326 e. The highest BCUT2D eigenvalue weighted by Gasteiger charge is 2.48. The summed E-state index contributed by atoms with van der Waals surface area (Å²) < 4.78 is 13.5. The van der Waals surface area contributed by atoms with Gasteiger partial charge < -0.3 is 10.2 Å². The van der Waals surface area contributed by atoms with E-state index in [1.807, 2.05) is 13.0 Å². The number of amides is 1. The average molecular weight is 384 g/mol. The van der Waals surface area contributed by atoms with Gasteiger partial charge in [0, 0.05) is 31.2 Å². The van der Waals surface area contributed by atoms with Crippen molar-refractivity contribution in [2.45, 2.75) is 58.3 Å². The number of rotatable bonds is 4. The molecule has 28 heavy (non-hydrogen) atoms. The second-order valence-corrected chi connectivity index (χ2v) is 9.53. The summed E-state index contributed by atoms with van der Waals surface area (Å²) in [5.41, 5.74) is 1.60. The maximum atomic E-state index is 13.5. The highest BCUT2D eigenvalue weighted by Crippen LogP contribution is 2.48. The molecule has 0 atom stereocenters. The number of nitrogens with one attached hydrogen (secondary N) is 1. The van der Waals surface area contributed by atoms with E-state index in [1.165, 1.54) is 25.0 Å². The van der Waals surface area contributed by atoms with Crippen LogP contribution in [0.15, 0.2) is 18.2 Å². The lowest BCUT2D eigenvalue weighted by molar-refractivity contribution is -0.123. The third-order valence-corrected chi connectivity index (χ3v) is 7.17. The number of likely N-dealkylation sites (tertiary alicyclic amines) is 1. The van der Waals surface area contributed by atoms with Crippen molar-refractivity contribution >= 4 is 11.6 Å². The highest BCUT2D eigenvalue weighted by atomic mass is 19.1. The lowest BCUT2D eigenvalue weighted by Gasteiger charge is -2.54. The van der Waals surface area contributed by atoms with Crippen LogP contribution in [0.2, 0.25) is 0 Å². The molecule has 0 aromatic heterocycles. The minimum Gasteiger partial charge on any atom is -0.326 e. The van der Waals surface area contributed by atoms with Gasteiger partial charge in [-0.2, -0.15) is 5.26 Å². The van der Waals surface area contributed by atoms with E-state index >= 15 is 0 Å². The Balaban J connectivity index is 1.26. The van der Waals surface area contributed by atoms with E-state index < -0.39 is 0 Å². The second kappa shape index (κ2) is 7.48. The van der Waals surface area contributed by atoms with Gasteiger partial charge in [-0.3, -0.25) is 4.79 Å². The maximum Gasteiger partial charge on any atom is 0.227 e. The molecule has 1 aromatic carbocycles. The van der Waals surface area contributed by atoms with Crippen molar-refractivity contribution in [1.29, 1.82) is 5.26 Å². The van der Waals surface area contributed by atoms with Gasteiger partial charge in [0.2, 0.25) is 5.91 Å². The van der Waals surface area contributed by atoms with E-state index in [1.54, 1.807) is 0 Å². The summed E-state index contributed by atoms with van der Waals surface area (Å²) in [5, 5.41) is 12.5. The third-order valence-electron chi connectivity index (χ3n) is 7.17. The molecule has 1 heterocycles. The fourth-order valence-electron chi connectivity index (χ4n) is 5.66. The first-order valence-electron chi connectivity index (χ1n) is 10.6. The number of hydrogen-bond donors (Lipinski definition) is 1. The Morgan fingerprint density at radius 2 is 1.89 bits per heavy atom. The molecule has 1 spiro atoms. The Morgan fingerprint density at radius 3 is 2.50 bits per heavy atom. The van der Waals surface area contributed by atoms with Gasteiger partial charge in [-0.1, -0.05) is 12.8 Å². The average Bonchev–Trinajstić information content (AvgIpc) is 3.09. The summed E-state index contributed by atoms with van der Waals surface area (Å²) in [4.78, 5) is 15.1. The van der Waals surface area contributed by atoms with E-state index in [-0.39, 0.29) is 23.1 Å². The van der Waals surface area contributed by atoms with Crippen LogP contribution in [0.25, 0.3) is 0 Å². The molecular formula is C23H30FN3O. The summed E-state index contributed by atoms with van der Waals surface area (Å²) in [6.07, 6.45) is 8.42. The lowest BCUT2D eigenvalue weighted by Crippen LogP contribution is -2.59. The number of carbonyl (C=O) groups is 1. The SMILES string of the molecule is Cc1cc(F)cc(NC(=O)C2CCC3(CC2)CN(CC2(C#N)CCCC2)C3)c1. The van der Waals surface area contributed by atoms with Crippen LogP contribution in [0.5, 0.6) is 0 Å². The molecule has 5 heteroatoms. The second-order valence-electron chi connectivity index (χ2n) is 9.53. The maximum absolute atomic E-state index is 13.5. The Hall–Kier alpha value is -1.93. The molecule has 4 rings (SSSR count). The quantitative estimate of drug-likeness (QED) is 0.823. The van der Waals surface area contributed by atoms with Gasteiger partial charge in [0.15, 0.2) is 0 Å². The molecule has 2 saturated carbocycles. The Kier molecular flexibility index (Phi) is 5.18. The molecule has 3 aliphatic rings. The zero-order valence-corrected chi connectivity index (χ0v) is 16.8. The van der Waals surface area contributed by atoms with E-state index in [0.29, 0.717) is 11.1 Å². The van der Waals surface area contributed by atoms with Crippen LogP contribution in [0.4, 0.5) is 10.1 Å². The van der Waals surface area contributed by atoms with Crippen molar-refractivity contribution in [2.75, 3.05) is 25.0 Å². The molecule has 1 amide bonds. The van der Waals surface area contributed by atoms with Crippen molar-refractivity contribution in [2.24, 2.45) is 16.7 Å². The van der Waals surface area contributed by atoms with E-state index in [9.17, 15) is 14.4 Å². The van der Waals surface area contributed by atoms with Gasteiger partial charge in [0.25, 0.3) is 0 Å². The molecule has 1 N–H and O–H groups in total. The van der Waals surface area contributed by atoms with Gasteiger partial charge in [0.1, 0.15) is 5.82 Å². The van der Waals surface area contributed by atoms with Crippen LogP contribution in [0.1, 0.15) is 56.9 Å². The van der Waals surface area contributed by atoms with Crippen molar-refractivity contribution in [3.05, 3.63) is 29.6 Å². The first-order valence-corrected chi connectivity index (χ1v) is 10.6. The molecule has 1 aliphatic heterocycles. The molecule has 0 radical (unpaired) electrons. The summed E-state index contributed by atoms with van der Waals surface area (Å²) in [6.45, 7) is 4.91. The van der Waals surface area contributed by atoms with Gasteiger partial charge in [-0.15, -0.1) is 0 Å². The van der Waals surface area contributed by atoms with E-state index in [2.05, 4.69) is 16.3 Å². The Labute approximate surface area is 167 Å². The first kappa shape index (κ1) is 19.4. The number of aryl methyl sites for hydroxylation is 1. The summed E-state index contributed by atoms with van der Waals surface area (Å²) in [6, 6.07) is 7.25. The molecular weight excluding hydrogens is 353 g/mol. The topological polar surface area (TPSA) is 56.1 Å². The van der Waals surface area contributed by atoms with Gasteiger partial charge in [-0.05, 0) is 74.6 Å². The van der Waals surface area contributed by atoms with Gasteiger partial charge >= 0.3 is 0 Å². The van der Waals surface area contributed by atoms with E-state index in [0.717, 1.165) is 63.7 Å². The number of nitrogens with zero attached hydrogens (tertiary/aromatic N) is 2. The molecule has 1 saturated heterocycles. The van der Waals surface area contributed by atoms with E-state index in [4.69, 9.17) is 0 Å². The van der Waals surface area contributed by atoms with Crippen LogP contribution in [0.3, 0.4) is 0 Å². The Bertz CT molecular complexity index is 757. The van der Waals surface area contributed by atoms with Crippen LogP contribution in [-0.4, -0.2) is 30.4 Å². The monoisotopic (exact) mass is 383 g/mol. The van der Waals surface area contributed by atoms with Crippen LogP contribution >= 0.6 is 0 Å². The zero-order valence-electron chi connectivity index (χ0n) is 16.8. The van der Waals surface area contributed by atoms with Crippen molar-refractivity contribution in [3.63, 3.8) is 0 Å². The zero-order chi connectivity index (χ0) is 19.8. The smallest absolute Gasteiger partial charge is 0.227 e. The third kappa shape index (κ3) is 3.93. The van der Waals surface area contributed by atoms with Crippen molar-refractivity contribution in [1.82, 2.24) is 4.90 Å². The van der Waals surface area contributed by atoms with Gasteiger partial charge in [-0.25, -0.2) is 4.39 Å². The van der Waals surface area contributed by atoms with Crippen LogP contribution < -0.4 is 5.32 Å². The molecule has 0 unspecified atom stereocenters. The number of carbonyl (C=O) groups excluding carboxylic acids is 1. The summed E-state index contributed by atoms with van der Waals surface area (Å²) in [7, 11) is 0. The predicted octanol–water partition coefficient (Wildman–Crippen LogP) is 4.65. The molecule has 2 aliphatic carbocycles. The van der Waals surface area contributed by atoms with Crippen molar-refractivity contribution < 1.29 is 9.18 Å². The highest BCUT2D eigenvalue weighted by molar-refractivity contribution is 5.92. The number of anilines is 1. The van der Waals surface area contributed by atoms with Crippen LogP contribution in [0, 0.1) is 40.8 Å². The number of hydrogen-bond acceptors (Lipinski definition) is 3. The molecule has 0 bridgehead atoms. The fourth-order valence-corrected chi connectivity index (χ4v) is 5.66. The fraction of sp³-hybridized carbons (Fsp3) is 0.652. The van der Waals surface area contributed by atoms with Crippen LogP contribution in [-0.2, 0) is 4.79 Å². The normalized spacial score (nSPS) is 23.9.